The number of hydrogen-bond acceptors (Lipinski definition) is 4. The van der Waals surface area contributed by atoms with Crippen molar-refractivity contribution in [3.05, 3.63) is 89.2 Å². The van der Waals surface area contributed by atoms with Gasteiger partial charge < -0.3 is 10.6 Å². The van der Waals surface area contributed by atoms with Crippen molar-refractivity contribution in [3.63, 3.8) is 0 Å². The van der Waals surface area contributed by atoms with Gasteiger partial charge in [0.05, 0.1) is 12.7 Å². The predicted molar refractivity (Wildman–Crippen MR) is 113 cm³/mol. The molecule has 29 heavy (non-hydrogen) atoms. The van der Waals surface area contributed by atoms with Crippen molar-refractivity contribution in [3.8, 4) is 0 Å². The van der Waals surface area contributed by atoms with Crippen LogP contribution in [-0.2, 0) is 19.5 Å². The van der Waals surface area contributed by atoms with Crippen molar-refractivity contribution in [1.82, 2.24) is 20.3 Å². The SMILES string of the molecule is O=C(Nc1ccc2c(c1)CCNC2)c1cn(Cc2cccc3ccccc23)nn1. The first-order valence-corrected chi connectivity index (χ1v) is 9.77. The number of amides is 1. The van der Waals surface area contributed by atoms with Crippen molar-refractivity contribution in [2.45, 2.75) is 19.5 Å². The third kappa shape index (κ3) is 3.62. The van der Waals surface area contributed by atoms with Crippen LogP contribution in [0.3, 0.4) is 0 Å². The molecule has 4 aromatic rings. The molecule has 144 valence electrons. The van der Waals surface area contributed by atoms with Crippen LogP contribution in [0.25, 0.3) is 10.8 Å². The zero-order valence-corrected chi connectivity index (χ0v) is 15.9. The second-order valence-corrected chi connectivity index (χ2v) is 7.30. The number of anilines is 1. The minimum Gasteiger partial charge on any atom is -0.321 e. The van der Waals surface area contributed by atoms with Crippen LogP contribution in [0.4, 0.5) is 5.69 Å². The van der Waals surface area contributed by atoms with Crippen molar-refractivity contribution >= 4 is 22.4 Å². The first-order chi connectivity index (χ1) is 14.3. The van der Waals surface area contributed by atoms with Gasteiger partial charge in [-0.3, -0.25) is 4.79 Å². The molecule has 6 heteroatoms. The van der Waals surface area contributed by atoms with Crippen LogP contribution >= 0.6 is 0 Å². The van der Waals surface area contributed by atoms with Gasteiger partial charge in [-0.05, 0) is 52.6 Å². The third-order valence-corrected chi connectivity index (χ3v) is 5.33. The summed E-state index contributed by atoms with van der Waals surface area (Å²) in [5.41, 5.74) is 4.81. The van der Waals surface area contributed by atoms with Gasteiger partial charge in [0.15, 0.2) is 5.69 Å². The fourth-order valence-corrected chi connectivity index (χ4v) is 3.83. The van der Waals surface area contributed by atoms with Crippen LogP contribution in [0.15, 0.2) is 66.9 Å². The molecular formula is C23H21N5O. The Balaban J connectivity index is 1.32. The van der Waals surface area contributed by atoms with Gasteiger partial charge in [0.1, 0.15) is 0 Å². The molecule has 2 N–H and O–H groups in total. The van der Waals surface area contributed by atoms with Crippen LogP contribution in [0.1, 0.15) is 27.2 Å². The fourth-order valence-electron chi connectivity index (χ4n) is 3.83. The van der Waals surface area contributed by atoms with Crippen molar-refractivity contribution in [2.75, 3.05) is 11.9 Å². The molecule has 0 spiro atoms. The molecule has 1 aromatic heterocycles. The highest BCUT2D eigenvalue weighted by atomic mass is 16.2. The molecule has 0 unspecified atom stereocenters. The number of rotatable bonds is 4. The van der Waals surface area contributed by atoms with Crippen LogP contribution < -0.4 is 10.6 Å². The molecule has 1 aliphatic heterocycles. The Morgan fingerprint density at radius 3 is 2.93 bits per heavy atom. The zero-order chi connectivity index (χ0) is 19.6. The first kappa shape index (κ1) is 17.6. The fraction of sp³-hybridized carbons (Fsp3) is 0.174. The van der Waals surface area contributed by atoms with E-state index in [-0.39, 0.29) is 5.91 Å². The molecule has 0 saturated heterocycles. The normalized spacial score (nSPS) is 13.2. The lowest BCUT2D eigenvalue weighted by Gasteiger charge is -2.17. The van der Waals surface area contributed by atoms with Crippen molar-refractivity contribution in [1.29, 1.82) is 0 Å². The topological polar surface area (TPSA) is 71.8 Å². The molecule has 2 heterocycles. The maximum Gasteiger partial charge on any atom is 0.277 e. The summed E-state index contributed by atoms with van der Waals surface area (Å²) in [5, 5.41) is 16.9. The summed E-state index contributed by atoms with van der Waals surface area (Å²) < 4.78 is 1.70. The average Bonchev–Trinajstić information content (AvgIpc) is 3.23. The van der Waals surface area contributed by atoms with Crippen molar-refractivity contribution < 1.29 is 4.79 Å². The molecule has 3 aromatic carbocycles. The molecule has 0 radical (unpaired) electrons. The van der Waals surface area contributed by atoms with Gasteiger partial charge in [-0.15, -0.1) is 5.10 Å². The van der Waals surface area contributed by atoms with Gasteiger partial charge in [0, 0.05) is 12.2 Å². The number of nitrogens with one attached hydrogen (secondary N) is 2. The lowest BCUT2D eigenvalue weighted by atomic mass is 10.0. The molecular weight excluding hydrogens is 362 g/mol. The molecule has 1 aliphatic rings. The van der Waals surface area contributed by atoms with E-state index in [1.807, 2.05) is 24.3 Å². The Bertz CT molecular complexity index is 1190. The molecule has 0 bridgehead atoms. The van der Waals surface area contributed by atoms with Gasteiger partial charge in [-0.2, -0.15) is 0 Å². The largest absolute Gasteiger partial charge is 0.321 e. The highest BCUT2D eigenvalue weighted by Crippen LogP contribution is 2.21. The number of carbonyl (C=O) groups excluding carboxylic acids is 1. The number of aromatic nitrogens is 3. The Morgan fingerprint density at radius 2 is 1.97 bits per heavy atom. The zero-order valence-electron chi connectivity index (χ0n) is 15.9. The van der Waals surface area contributed by atoms with Crippen LogP contribution in [0, 0.1) is 0 Å². The third-order valence-electron chi connectivity index (χ3n) is 5.33. The van der Waals surface area contributed by atoms with Crippen molar-refractivity contribution in [2.24, 2.45) is 0 Å². The van der Waals surface area contributed by atoms with E-state index in [9.17, 15) is 4.79 Å². The smallest absolute Gasteiger partial charge is 0.277 e. The maximum atomic E-state index is 12.6. The van der Waals surface area contributed by atoms with E-state index in [0.717, 1.165) is 30.8 Å². The summed E-state index contributed by atoms with van der Waals surface area (Å²) in [7, 11) is 0. The quantitative estimate of drug-likeness (QED) is 0.567. The summed E-state index contributed by atoms with van der Waals surface area (Å²) in [5.74, 6) is -0.247. The van der Waals surface area contributed by atoms with E-state index < -0.39 is 0 Å². The monoisotopic (exact) mass is 383 g/mol. The van der Waals surface area contributed by atoms with Crippen LogP contribution in [-0.4, -0.2) is 27.4 Å². The van der Waals surface area contributed by atoms with E-state index in [1.165, 1.54) is 21.9 Å². The van der Waals surface area contributed by atoms with E-state index >= 15 is 0 Å². The molecule has 5 rings (SSSR count). The molecule has 0 aliphatic carbocycles. The number of nitrogens with zero attached hydrogens (tertiary/aromatic N) is 3. The highest BCUT2D eigenvalue weighted by molar-refractivity contribution is 6.02. The molecule has 1 amide bonds. The number of carbonyl (C=O) groups is 1. The molecule has 6 nitrogen and oxygen atoms in total. The molecule has 0 saturated carbocycles. The van der Waals surface area contributed by atoms with E-state index in [4.69, 9.17) is 0 Å². The first-order valence-electron chi connectivity index (χ1n) is 9.77. The molecule has 0 atom stereocenters. The number of hydrogen-bond donors (Lipinski definition) is 2. The van der Waals surface area contributed by atoms with Gasteiger partial charge in [-0.25, -0.2) is 4.68 Å². The Labute approximate surface area is 168 Å². The Kier molecular flexibility index (Phi) is 4.54. The summed E-state index contributed by atoms with van der Waals surface area (Å²) in [6, 6.07) is 20.5. The lowest BCUT2D eigenvalue weighted by molar-refractivity contribution is 0.102. The van der Waals surface area contributed by atoms with E-state index in [1.54, 1.807) is 10.9 Å². The minimum atomic E-state index is -0.247. The Hall–Kier alpha value is -3.51. The molecule has 0 fully saturated rings. The lowest BCUT2D eigenvalue weighted by Crippen LogP contribution is -2.23. The number of benzene rings is 3. The summed E-state index contributed by atoms with van der Waals surface area (Å²) >= 11 is 0. The maximum absolute atomic E-state index is 12.6. The van der Waals surface area contributed by atoms with Gasteiger partial charge in [-0.1, -0.05) is 53.7 Å². The standard InChI is InChI=1S/C23H21N5O/c29-23(25-20-9-8-18-13-24-11-10-17(18)12-20)22-15-28(27-26-22)14-19-6-3-5-16-4-1-2-7-21(16)19/h1-9,12,15,24H,10-11,13-14H2,(H,25,29). The Morgan fingerprint density at radius 1 is 1.07 bits per heavy atom. The summed E-state index contributed by atoms with van der Waals surface area (Å²) in [4.78, 5) is 12.6. The van der Waals surface area contributed by atoms with Gasteiger partial charge in [0.25, 0.3) is 5.91 Å². The van der Waals surface area contributed by atoms with Crippen LogP contribution in [0.2, 0.25) is 0 Å². The minimum absolute atomic E-state index is 0.247. The second-order valence-electron chi connectivity index (χ2n) is 7.30. The van der Waals surface area contributed by atoms with Crippen LogP contribution in [0.5, 0.6) is 0 Å². The summed E-state index contributed by atoms with van der Waals surface area (Å²) in [6.07, 6.45) is 2.67. The highest BCUT2D eigenvalue weighted by Gasteiger charge is 2.14. The number of fused-ring (bicyclic) bond motifs is 2. The van der Waals surface area contributed by atoms with E-state index in [0.29, 0.717) is 12.2 Å². The summed E-state index contributed by atoms with van der Waals surface area (Å²) in [6.45, 7) is 2.41. The van der Waals surface area contributed by atoms with E-state index in [2.05, 4.69) is 57.3 Å². The predicted octanol–water partition coefficient (Wildman–Crippen LogP) is 3.38. The second kappa shape index (κ2) is 7.48. The van der Waals surface area contributed by atoms with Gasteiger partial charge >= 0.3 is 0 Å². The van der Waals surface area contributed by atoms with Gasteiger partial charge in [0.2, 0.25) is 0 Å². The average molecular weight is 383 g/mol.